The van der Waals surface area contributed by atoms with Crippen molar-refractivity contribution >= 4 is 17.8 Å². The molecule has 110 valence electrons. The molecule has 3 N–H and O–H groups in total. The number of primary amides is 1. The van der Waals surface area contributed by atoms with E-state index in [1.165, 1.54) is 12.2 Å². The minimum atomic E-state index is -0.668. The van der Waals surface area contributed by atoms with Crippen molar-refractivity contribution in [2.24, 2.45) is 11.7 Å². The van der Waals surface area contributed by atoms with Crippen molar-refractivity contribution in [1.82, 2.24) is 5.32 Å². The van der Waals surface area contributed by atoms with Gasteiger partial charge in [-0.3, -0.25) is 9.59 Å². The number of ether oxygens (including phenoxy) is 1. The molecule has 2 rings (SSSR count). The highest BCUT2D eigenvalue weighted by Crippen LogP contribution is 2.21. The predicted octanol–water partition coefficient (Wildman–Crippen LogP) is 0.276. The van der Waals surface area contributed by atoms with Crippen molar-refractivity contribution in [2.45, 2.75) is 19.1 Å². The lowest BCUT2D eigenvalue weighted by atomic mass is 9.87. The van der Waals surface area contributed by atoms with Gasteiger partial charge in [0, 0.05) is 0 Å². The molecule has 1 aromatic carbocycles. The lowest BCUT2D eigenvalue weighted by Gasteiger charge is -2.34. The quantitative estimate of drug-likeness (QED) is 0.446. The lowest BCUT2D eigenvalue weighted by Crippen LogP contribution is -2.62. The Morgan fingerprint density at radius 2 is 2.00 bits per heavy atom. The number of nitrogens with one attached hydrogen (secondary N) is 1. The van der Waals surface area contributed by atoms with Crippen molar-refractivity contribution in [3.8, 4) is 0 Å². The number of carbonyl (C=O) groups excluding carboxylic acids is 3. The van der Waals surface area contributed by atoms with E-state index in [0.29, 0.717) is 0 Å². The summed E-state index contributed by atoms with van der Waals surface area (Å²) in [5.74, 6) is -1.80. The Labute approximate surface area is 122 Å². The average Bonchev–Trinajstić information content (AvgIpc) is 2.47. The number of carbonyl (C=O) groups is 3. The van der Waals surface area contributed by atoms with Gasteiger partial charge in [0.2, 0.25) is 11.8 Å². The summed E-state index contributed by atoms with van der Waals surface area (Å²) in [4.78, 5) is 33.9. The third-order valence-electron chi connectivity index (χ3n) is 3.19. The van der Waals surface area contributed by atoms with Gasteiger partial charge in [-0.2, -0.15) is 0 Å². The molecule has 1 aliphatic rings. The van der Waals surface area contributed by atoms with Crippen LogP contribution in [0.25, 0.3) is 0 Å². The summed E-state index contributed by atoms with van der Waals surface area (Å²) in [5, 5.41) is 2.50. The fourth-order valence-corrected chi connectivity index (χ4v) is 2.03. The Morgan fingerprint density at radius 3 is 2.62 bits per heavy atom. The molecule has 0 spiro atoms. The first-order valence-electron chi connectivity index (χ1n) is 6.55. The third-order valence-corrected chi connectivity index (χ3v) is 3.19. The fourth-order valence-electron chi connectivity index (χ4n) is 2.03. The number of esters is 1. The first kappa shape index (κ1) is 14.8. The molecule has 1 aromatic rings. The molecule has 0 aromatic heterocycles. The van der Waals surface area contributed by atoms with Gasteiger partial charge >= 0.3 is 5.97 Å². The van der Waals surface area contributed by atoms with E-state index in [1.807, 2.05) is 30.3 Å². The minimum Gasteiger partial charge on any atom is -0.459 e. The molecule has 1 heterocycles. The van der Waals surface area contributed by atoms with Gasteiger partial charge in [-0.05, 0) is 18.1 Å². The fraction of sp³-hybridized carbons (Fsp3) is 0.267. The van der Waals surface area contributed by atoms with Crippen molar-refractivity contribution in [3.05, 3.63) is 48.0 Å². The van der Waals surface area contributed by atoms with Crippen LogP contribution in [0.4, 0.5) is 0 Å². The summed E-state index contributed by atoms with van der Waals surface area (Å²) >= 11 is 0. The van der Waals surface area contributed by atoms with E-state index in [9.17, 15) is 14.4 Å². The maximum absolute atomic E-state index is 11.9. The standard InChI is InChI=1S/C15H16N2O4/c16-12(18)8-4-7-11-13(17-14(11)19)15(20)21-9-10-5-2-1-3-6-10/h1-6,8,11,13H,7,9H2,(H2,16,18)(H,17,19). The zero-order valence-corrected chi connectivity index (χ0v) is 11.3. The van der Waals surface area contributed by atoms with Crippen LogP contribution in [0.2, 0.25) is 0 Å². The minimum absolute atomic E-state index is 0.163. The molecule has 0 aliphatic carbocycles. The van der Waals surface area contributed by atoms with Crippen LogP contribution >= 0.6 is 0 Å². The number of rotatable bonds is 6. The Morgan fingerprint density at radius 1 is 1.29 bits per heavy atom. The summed E-state index contributed by atoms with van der Waals surface area (Å²) < 4.78 is 5.17. The number of nitrogens with two attached hydrogens (primary N) is 1. The van der Waals surface area contributed by atoms with Gasteiger partial charge in [-0.25, -0.2) is 4.79 Å². The molecular formula is C15H16N2O4. The van der Waals surface area contributed by atoms with Gasteiger partial charge in [0.15, 0.2) is 0 Å². The molecule has 0 saturated carbocycles. The molecule has 6 heteroatoms. The second kappa shape index (κ2) is 6.69. The van der Waals surface area contributed by atoms with Crippen LogP contribution in [0.1, 0.15) is 12.0 Å². The second-order valence-corrected chi connectivity index (χ2v) is 4.73. The van der Waals surface area contributed by atoms with Crippen molar-refractivity contribution in [3.63, 3.8) is 0 Å². The van der Waals surface area contributed by atoms with E-state index in [4.69, 9.17) is 10.5 Å². The summed E-state index contributed by atoms with van der Waals surface area (Å²) in [5.41, 5.74) is 5.84. The molecule has 1 aliphatic heterocycles. The molecule has 0 radical (unpaired) electrons. The Bertz CT molecular complexity index is 568. The smallest absolute Gasteiger partial charge is 0.329 e. The van der Waals surface area contributed by atoms with E-state index in [1.54, 1.807) is 0 Å². The van der Waals surface area contributed by atoms with Crippen molar-refractivity contribution < 1.29 is 19.1 Å². The second-order valence-electron chi connectivity index (χ2n) is 4.73. The number of hydrogen-bond acceptors (Lipinski definition) is 4. The molecule has 21 heavy (non-hydrogen) atoms. The normalized spacial score (nSPS) is 20.7. The molecular weight excluding hydrogens is 272 g/mol. The van der Waals surface area contributed by atoms with E-state index >= 15 is 0 Å². The van der Waals surface area contributed by atoms with Crippen LogP contribution in [-0.2, 0) is 25.7 Å². The van der Waals surface area contributed by atoms with Gasteiger partial charge in [-0.1, -0.05) is 36.4 Å². The Balaban J connectivity index is 1.84. The van der Waals surface area contributed by atoms with Crippen LogP contribution in [0, 0.1) is 5.92 Å². The van der Waals surface area contributed by atoms with Crippen LogP contribution in [0.3, 0.4) is 0 Å². The topological polar surface area (TPSA) is 98.5 Å². The molecule has 2 unspecified atom stereocenters. The van der Waals surface area contributed by atoms with Crippen LogP contribution in [0.5, 0.6) is 0 Å². The third kappa shape index (κ3) is 3.92. The molecule has 1 saturated heterocycles. The highest BCUT2D eigenvalue weighted by molar-refractivity contribution is 5.97. The largest absolute Gasteiger partial charge is 0.459 e. The Hall–Kier alpha value is -2.63. The molecule has 1 fully saturated rings. The first-order valence-corrected chi connectivity index (χ1v) is 6.55. The highest BCUT2D eigenvalue weighted by Gasteiger charge is 2.44. The summed E-state index contributed by atoms with van der Waals surface area (Å²) in [6.07, 6.45) is 2.95. The molecule has 2 atom stereocenters. The number of β-lactam (4-membered cyclic amide) rings is 1. The van der Waals surface area contributed by atoms with E-state index < -0.39 is 23.8 Å². The summed E-state index contributed by atoms with van der Waals surface area (Å²) in [7, 11) is 0. The molecule has 0 bridgehead atoms. The molecule has 2 amide bonds. The van der Waals surface area contributed by atoms with Gasteiger partial charge < -0.3 is 15.8 Å². The zero-order valence-electron chi connectivity index (χ0n) is 11.3. The zero-order chi connectivity index (χ0) is 15.2. The maximum atomic E-state index is 11.9. The lowest BCUT2D eigenvalue weighted by molar-refractivity contribution is -0.158. The predicted molar refractivity (Wildman–Crippen MR) is 74.6 cm³/mol. The van der Waals surface area contributed by atoms with Crippen molar-refractivity contribution in [2.75, 3.05) is 0 Å². The molecule has 6 nitrogen and oxygen atoms in total. The monoisotopic (exact) mass is 288 g/mol. The Kier molecular flexibility index (Phi) is 4.71. The highest BCUT2D eigenvalue weighted by atomic mass is 16.5. The first-order chi connectivity index (χ1) is 10.1. The SMILES string of the molecule is NC(=O)C=CCC1C(=O)NC1C(=O)OCc1ccccc1. The summed E-state index contributed by atoms with van der Waals surface area (Å²) in [6, 6.07) is 8.61. The number of hydrogen-bond donors (Lipinski definition) is 2. The van der Waals surface area contributed by atoms with Gasteiger partial charge in [-0.15, -0.1) is 0 Å². The summed E-state index contributed by atoms with van der Waals surface area (Å²) in [6.45, 7) is 0.163. The average molecular weight is 288 g/mol. The van der Waals surface area contributed by atoms with Crippen LogP contribution < -0.4 is 11.1 Å². The van der Waals surface area contributed by atoms with Crippen molar-refractivity contribution in [1.29, 1.82) is 0 Å². The number of allylic oxidation sites excluding steroid dienone is 1. The number of benzene rings is 1. The van der Waals surface area contributed by atoms with Gasteiger partial charge in [0.05, 0.1) is 5.92 Å². The van der Waals surface area contributed by atoms with E-state index in [2.05, 4.69) is 5.32 Å². The van der Waals surface area contributed by atoms with E-state index in [-0.39, 0.29) is 18.9 Å². The van der Waals surface area contributed by atoms with Crippen LogP contribution in [-0.4, -0.2) is 23.8 Å². The van der Waals surface area contributed by atoms with Gasteiger partial charge in [0.25, 0.3) is 0 Å². The van der Waals surface area contributed by atoms with Crippen LogP contribution in [0.15, 0.2) is 42.5 Å². The van der Waals surface area contributed by atoms with E-state index in [0.717, 1.165) is 5.56 Å². The number of amides is 2. The van der Waals surface area contributed by atoms with Gasteiger partial charge in [0.1, 0.15) is 12.6 Å². The maximum Gasteiger partial charge on any atom is 0.329 e.